The first kappa shape index (κ1) is 23.3. The maximum absolute atomic E-state index is 10.8. The van der Waals surface area contributed by atoms with Crippen LogP contribution in [-0.2, 0) is 0 Å². The molecule has 0 radical (unpaired) electrons. The van der Waals surface area contributed by atoms with E-state index in [4.69, 9.17) is 0 Å². The quantitative estimate of drug-likeness (QED) is 0.356. The predicted octanol–water partition coefficient (Wildman–Crippen LogP) is 8.26. The molecular formula is C30H48O. The molecule has 4 aliphatic carbocycles. The molecular weight excluding hydrogens is 376 g/mol. The number of hydrogen-bond acceptors (Lipinski definition) is 1. The van der Waals surface area contributed by atoms with Gasteiger partial charge in [0.1, 0.15) is 0 Å². The van der Waals surface area contributed by atoms with Gasteiger partial charge in [0.05, 0.1) is 6.10 Å². The maximum Gasteiger partial charge on any atom is 0.0594 e. The van der Waals surface area contributed by atoms with Gasteiger partial charge in [-0.3, -0.25) is 0 Å². The van der Waals surface area contributed by atoms with Crippen LogP contribution >= 0.6 is 0 Å². The first-order valence-corrected chi connectivity index (χ1v) is 13.1. The lowest BCUT2D eigenvalue weighted by molar-refractivity contribution is -0.0961. The lowest BCUT2D eigenvalue weighted by Crippen LogP contribution is -2.55. The summed E-state index contributed by atoms with van der Waals surface area (Å²) in [5, 5.41) is 10.8. The van der Waals surface area contributed by atoms with Crippen molar-refractivity contribution in [2.24, 2.45) is 39.4 Å². The van der Waals surface area contributed by atoms with Gasteiger partial charge in [-0.15, -0.1) is 0 Å². The Hall–Kier alpha value is -0.820. The lowest BCUT2D eigenvalue weighted by atomic mass is 9.43. The van der Waals surface area contributed by atoms with E-state index in [1.165, 1.54) is 51.4 Å². The topological polar surface area (TPSA) is 20.2 Å². The number of rotatable bonds is 4. The van der Waals surface area contributed by atoms with Crippen LogP contribution in [0.15, 0.2) is 35.5 Å². The Morgan fingerprint density at radius 1 is 1.03 bits per heavy atom. The second-order valence-electron chi connectivity index (χ2n) is 13.2. The fourth-order valence-corrected chi connectivity index (χ4v) is 9.28. The fraction of sp³-hybridized carbons (Fsp3) is 0.800. The van der Waals surface area contributed by atoms with Gasteiger partial charge in [-0.1, -0.05) is 77.0 Å². The highest BCUT2D eigenvalue weighted by molar-refractivity contribution is 5.38. The van der Waals surface area contributed by atoms with E-state index >= 15 is 0 Å². The summed E-state index contributed by atoms with van der Waals surface area (Å²) < 4.78 is 0. The summed E-state index contributed by atoms with van der Waals surface area (Å²) in [7, 11) is 0. The molecule has 1 heteroatoms. The van der Waals surface area contributed by atoms with Crippen molar-refractivity contribution in [2.75, 3.05) is 0 Å². The predicted molar refractivity (Wildman–Crippen MR) is 133 cm³/mol. The molecule has 1 nitrogen and oxygen atoms in total. The average molecular weight is 425 g/mol. The van der Waals surface area contributed by atoms with Crippen molar-refractivity contribution in [1.29, 1.82) is 0 Å². The Bertz CT molecular complexity index is 799. The Labute approximate surface area is 192 Å². The summed E-state index contributed by atoms with van der Waals surface area (Å²) in [5.41, 5.74) is 5.98. The van der Waals surface area contributed by atoms with E-state index in [1.807, 2.05) is 11.1 Å². The molecule has 7 atom stereocenters. The summed E-state index contributed by atoms with van der Waals surface area (Å²) in [6.07, 6.45) is 15.7. The van der Waals surface area contributed by atoms with Gasteiger partial charge < -0.3 is 5.11 Å². The van der Waals surface area contributed by atoms with Crippen molar-refractivity contribution in [3.8, 4) is 0 Å². The molecule has 1 N–H and O–H groups in total. The monoisotopic (exact) mass is 424 g/mol. The van der Waals surface area contributed by atoms with Crippen LogP contribution in [0.2, 0.25) is 0 Å². The third-order valence-corrected chi connectivity index (χ3v) is 11.4. The Morgan fingerprint density at radius 2 is 1.74 bits per heavy atom. The molecule has 174 valence electrons. The van der Waals surface area contributed by atoms with E-state index in [-0.39, 0.29) is 11.5 Å². The van der Waals surface area contributed by atoms with Gasteiger partial charge in [0, 0.05) is 0 Å². The Balaban J connectivity index is 1.66. The van der Waals surface area contributed by atoms with Crippen LogP contribution in [-0.4, -0.2) is 11.2 Å². The van der Waals surface area contributed by atoms with E-state index in [9.17, 15) is 5.11 Å². The molecule has 0 heterocycles. The van der Waals surface area contributed by atoms with Crippen molar-refractivity contribution in [1.82, 2.24) is 0 Å². The van der Waals surface area contributed by atoms with E-state index in [0.717, 1.165) is 23.8 Å². The second kappa shape index (κ2) is 7.61. The minimum atomic E-state index is -0.138. The van der Waals surface area contributed by atoms with Gasteiger partial charge in [0.25, 0.3) is 0 Å². The molecule has 0 aliphatic heterocycles. The summed E-state index contributed by atoms with van der Waals surface area (Å²) in [5.74, 6) is 2.18. The number of aliphatic hydroxyl groups excluding tert-OH is 1. The summed E-state index contributed by atoms with van der Waals surface area (Å²) >= 11 is 0. The van der Waals surface area contributed by atoms with Gasteiger partial charge in [-0.05, 0) is 104 Å². The molecule has 0 amide bonds. The Morgan fingerprint density at radius 3 is 2.42 bits per heavy atom. The number of hydrogen-bond donors (Lipinski definition) is 1. The van der Waals surface area contributed by atoms with Crippen molar-refractivity contribution >= 4 is 0 Å². The second-order valence-corrected chi connectivity index (χ2v) is 13.2. The lowest BCUT2D eigenvalue weighted by Gasteiger charge is -2.62. The molecule has 31 heavy (non-hydrogen) atoms. The van der Waals surface area contributed by atoms with Crippen LogP contribution in [0, 0.1) is 39.4 Å². The molecule has 0 bridgehead atoms. The minimum Gasteiger partial charge on any atom is -0.393 e. The van der Waals surface area contributed by atoms with Crippen LogP contribution in [0.3, 0.4) is 0 Å². The smallest absolute Gasteiger partial charge is 0.0594 e. The molecule has 4 rings (SSSR count). The van der Waals surface area contributed by atoms with Crippen LogP contribution in [0.5, 0.6) is 0 Å². The van der Waals surface area contributed by atoms with Crippen molar-refractivity contribution in [3.05, 3.63) is 35.5 Å². The van der Waals surface area contributed by atoms with Gasteiger partial charge in [-0.25, -0.2) is 0 Å². The Kier molecular flexibility index (Phi) is 5.73. The molecule has 4 aliphatic rings. The zero-order valence-corrected chi connectivity index (χ0v) is 21.5. The van der Waals surface area contributed by atoms with Crippen LogP contribution in [0.25, 0.3) is 0 Å². The normalized spacial score (nSPS) is 45.2. The van der Waals surface area contributed by atoms with E-state index in [0.29, 0.717) is 22.2 Å². The first-order valence-electron chi connectivity index (χ1n) is 13.1. The third-order valence-electron chi connectivity index (χ3n) is 11.4. The number of fused-ring (bicyclic) bond motifs is 4. The summed E-state index contributed by atoms with van der Waals surface area (Å²) in [6, 6.07) is 0. The van der Waals surface area contributed by atoms with Crippen molar-refractivity contribution < 1.29 is 5.11 Å². The number of allylic oxidation sites excluding steroid dienone is 5. The van der Waals surface area contributed by atoms with Gasteiger partial charge in [-0.2, -0.15) is 0 Å². The third kappa shape index (κ3) is 3.27. The molecule has 2 fully saturated rings. The van der Waals surface area contributed by atoms with E-state index in [1.54, 1.807) is 0 Å². The molecule has 2 saturated carbocycles. The minimum absolute atomic E-state index is 0.0372. The largest absolute Gasteiger partial charge is 0.393 e. The van der Waals surface area contributed by atoms with Gasteiger partial charge in [0.15, 0.2) is 0 Å². The molecule has 0 unspecified atom stereocenters. The summed E-state index contributed by atoms with van der Waals surface area (Å²) in [6.45, 7) is 21.2. The van der Waals surface area contributed by atoms with E-state index < -0.39 is 0 Å². The highest BCUT2D eigenvalue weighted by atomic mass is 16.3. The first-order chi connectivity index (χ1) is 14.4. The van der Waals surface area contributed by atoms with Crippen LogP contribution in [0.1, 0.15) is 106 Å². The average Bonchev–Trinajstić information content (AvgIpc) is 2.96. The molecule has 0 aromatic carbocycles. The summed E-state index contributed by atoms with van der Waals surface area (Å²) in [4.78, 5) is 0. The molecule has 0 aromatic rings. The van der Waals surface area contributed by atoms with Crippen LogP contribution < -0.4 is 0 Å². The maximum atomic E-state index is 10.8. The SMILES string of the molecule is C=C(C)/C=C/C[C@@H](C)[C@H]1CC[C@@]2(C)C3=C(CC[C@]12C)[C@@]1(C)CC[C@H](O)C(C)(C)[C@@H]1CC3. The number of aliphatic hydroxyl groups is 1. The highest BCUT2D eigenvalue weighted by Crippen LogP contribution is 2.72. The molecule has 0 aromatic heterocycles. The van der Waals surface area contributed by atoms with Crippen molar-refractivity contribution in [2.45, 2.75) is 112 Å². The fourth-order valence-electron chi connectivity index (χ4n) is 9.28. The zero-order valence-electron chi connectivity index (χ0n) is 21.5. The van der Waals surface area contributed by atoms with Crippen molar-refractivity contribution in [3.63, 3.8) is 0 Å². The van der Waals surface area contributed by atoms with Crippen LogP contribution in [0.4, 0.5) is 0 Å². The molecule has 0 saturated heterocycles. The molecule has 0 spiro atoms. The van der Waals surface area contributed by atoms with E-state index in [2.05, 4.69) is 67.2 Å². The van der Waals surface area contributed by atoms with Gasteiger partial charge in [0.2, 0.25) is 0 Å². The zero-order chi connectivity index (χ0) is 22.8. The standard InChI is InChI=1S/C30H48O/c1-20(2)10-9-11-21(3)22-14-18-30(8)24-12-13-25-27(4,5)26(31)16-17-28(25,6)23(24)15-19-29(22,30)7/h9-10,21-22,25-26,31H,1,11-19H2,2-8H3/b10-9+/t21-,22-,25+,26+,28-,29-,30+/m1/s1. The highest BCUT2D eigenvalue weighted by Gasteiger charge is 2.63. The van der Waals surface area contributed by atoms with Gasteiger partial charge >= 0.3 is 0 Å².